The molecule has 1 fully saturated rings. The smallest absolute Gasteiger partial charge is 0.241 e. The summed E-state index contributed by atoms with van der Waals surface area (Å²) < 4.78 is 33.2. The van der Waals surface area contributed by atoms with Crippen LogP contribution in [0, 0.1) is 0 Å². The molecule has 1 atom stereocenters. The third kappa shape index (κ3) is 4.18. The van der Waals surface area contributed by atoms with E-state index in [-0.39, 0.29) is 17.0 Å². The number of hydrogen-bond acceptors (Lipinski definition) is 4. The molecule has 8 heteroatoms. The van der Waals surface area contributed by atoms with Gasteiger partial charge in [-0.1, -0.05) is 11.6 Å². The van der Waals surface area contributed by atoms with Crippen molar-refractivity contribution in [3.05, 3.63) is 27.7 Å². The highest BCUT2D eigenvalue weighted by molar-refractivity contribution is 9.10. The van der Waals surface area contributed by atoms with Gasteiger partial charge in [0.05, 0.1) is 17.0 Å². The topological polar surface area (TPSA) is 67.4 Å². The zero-order chi connectivity index (χ0) is 15.5. The Labute approximate surface area is 138 Å². The average Bonchev–Trinajstić information content (AvgIpc) is 2.86. The van der Waals surface area contributed by atoms with Crippen molar-refractivity contribution < 1.29 is 13.2 Å². The Balaban J connectivity index is 2.14. The lowest BCUT2D eigenvalue weighted by Gasteiger charge is -2.28. The molecule has 5 nitrogen and oxygen atoms in total. The van der Waals surface area contributed by atoms with Gasteiger partial charge in [0.25, 0.3) is 0 Å². The Hall–Kier alpha value is -0.180. The SMILES string of the molecule is COCC1(CNS(=O)(=O)c2ccc(Cl)cc2Br)CCCN1. The van der Waals surface area contributed by atoms with E-state index in [2.05, 4.69) is 26.0 Å². The molecule has 0 amide bonds. The molecule has 118 valence electrons. The fourth-order valence-corrected chi connectivity index (χ4v) is 4.98. The minimum absolute atomic E-state index is 0.178. The molecule has 0 bridgehead atoms. The van der Waals surface area contributed by atoms with Crippen LogP contribution in [0.3, 0.4) is 0 Å². The molecule has 1 heterocycles. The van der Waals surface area contributed by atoms with Gasteiger partial charge < -0.3 is 10.1 Å². The van der Waals surface area contributed by atoms with Gasteiger partial charge in [0.2, 0.25) is 10.0 Å². The Morgan fingerprint density at radius 1 is 1.52 bits per heavy atom. The van der Waals surface area contributed by atoms with Gasteiger partial charge >= 0.3 is 0 Å². The van der Waals surface area contributed by atoms with E-state index in [0.29, 0.717) is 16.1 Å². The van der Waals surface area contributed by atoms with E-state index in [1.807, 2.05) is 0 Å². The standard InChI is InChI=1S/C13H18BrClN2O3S/c1-20-9-13(5-2-6-16-13)8-17-21(18,19)12-4-3-10(15)7-11(12)14/h3-4,7,16-17H,2,5-6,8-9H2,1H3. The van der Waals surface area contributed by atoms with Crippen molar-refractivity contribution in [3.8, 4) is 0 Å². The molecule has 1 aromatic rings. The first-order chi connectivity index (χ1) is 9.88. The third-order valence-electron chi connectivity index (χ3n) is 3.54. The molecule has 0 radical (unpaired) electrons. The van der Waals surface area contributed by atoms with Crippen molar-refractivity contribution >= 4 is 37.6 Å². The van der Waals surface area contributed by atoms with Gasteiger partial charge in [-0.3, -0.25) is 0 Å². The molecule has 0 spiro atoms. The molecule has 0 saturated carbocycles. The molecule has 1 aliphatic heterocycles. The van der Waals surface area contributed by atoms with Gasteiger partial charge in [0, 0.05) is 23.1 Å². The fourth-order valence-electron chi connectivity index (χ4n) is 2.47. The van der Waals surface area contributed by atoms with Crippen molar-refractivity contribution in [2.75, 3.05) is 26.8 Å². The van der Waals surface area contributed by atoms with Crippen LogP contribution in [0.25, 0.3) is 0 Å². The molecule has 0 aromatic heterocycles. The molecule has 0 aliphatic carbocycles. The predicted molar refractivity (Wildman–Crippen MR) is 86.2 cm³/mol. The number of halogens is 2. The maximum atomic E-state index is 12.4. The molecule has 1 aliphatic rings. The number of nitrogens with one attached hydrogen (secondary N) is 2. The van der Waals surface area contributed by atoms with Crippen LogP contribution in [0.15, 0.2) is 27.6 Å². The normalized spacial score (nSPS) is 22.6. The van der Waals surface area contributed by atoms with Gasteiger partial charge in [-0.05, 0) is 53.5 Å². The lowest BCUT2D eigenvalue weighted by atomic mass is 9.99. The van der Waals surface area contributed by atoms with Crippen LogP contribution in [0.1, 0.15) is 12.8 Å². The summed E-state index contributed by atoms with van der Waals surface area (Å²) >= 11 is 9.08. The van der Waals surface area contributed by atoms with Gasteiger partial charge in [-0.15, -0.1) is 0 Å². The van der Waals surface area contributed by atoms with Crippen molar-refractivity contribution in [1.82, 2.24) is 10.0 Å². The summed E-state index contributed by atoms with van der Waals surface area (Å²) in [6.07, 6.45) is 1.89. The molecule has 2 rings (SSSR count). The Morgan fingerprint density at radius 3 is 2.86 bits per heavy atom. The van der Waals surface area contributed by atoms with E-state index in [0.717, 1.165) is 19.4 Å². The van der Waals surface area contributed by atoms with Crippen LogP contribution in [-0.4, -0.2) is 40.8 Å². The number of benzene rings is 1. The highest BCUT2D eigenvalue weighted by Crippen LogP contribution is 2.26. The fraction of sp³-hybridized carbons (Fsp3) is 0.538. The minimum Gasteiger partial charge on any atom is -0.383 e. The van der Waals surface area contributed by atoms with Gasteiger partial charge in [0.1, 0.15) is 0 Å². The van der Waals surface area contributed by atoms with Crippen LogP contribution in [0.2, 0.25) is 5.02 Å². The van der Waals surface area contributed by atoms with Gasteiger partial charge in [0.15, 0.2) is 0 Å². The predicted octanol–water partition coefficient (Wildman–Crippen LogP) is 2.15. The molecule has 1 unspecified atom stereocenters. The Kier molecular flexibility index (Phi) is 5.67. The zero-order valence-electron chi connectivity index (χ0n) is 11.7. The van der Waals surface area contributed by atoms with E-state index >= 15 is 0 Å². The summed E-state index contributed by atoms with van der Waals surface area (Å²) in [4.78, 5) is 0.178. The lowest BCUT2D eigenvalue weighted by Crippen LogP contribution is -2.52. The summed E-state index contributed by atoms with van der Waals surface area (Å²) in [5, 5.41) is 3.81. The largest absolute Gasteiger partial charge is 0.383 e. The monoisotopic (exact) mass is 396 g/mol. The summed E-state index contributed by atoms with van der Waals surface area (Å²) in [6.45, 7) is 1.63. The van der Waals surface area contributed by atoms with E-state index in [4.69, 9.17) is 16.3 Å². The van der Waals surface area contributed by atoms with Crippen LogP contribution in [-0.2, 0) is 14.8 Å². The van der Waals surface area contributed by atoms with Crippen LogP contribution < -0.4 is 10.0 Å². The first kappa shape index (κ1) is 17.2. The first-order valence-corrected chi connectivity index (χ1v) is 9.23. The van der Waals surface area contributed by atoms with Crippen molar-refractivity contribution in [3.63, 3.8) is 0 Å². The summed E-state index contributed by atoms with van der Waals surface area (Å²) in [7, 11) is -1.99. The van der Waals surface area contributed by atoms with E-state index < -0.39 is 10.0 Å². The second-order valence-corrected chi connectivity index (χ2v) is 8.17. The maximum absolute atomic E-state index is 12.4. The number of hydrogen-bond donors (Lipinski definition) is 2. The number of sulfonamides is 1. The summed E-state index contributed by atoms with van der Waals surface area (Å²) in [5.74, 6) is 0. The highest BCUT2D eigenvalue weighted by atomic mass is 79.9. The van der Waals surface area contributed by atoms with Gasteiger partial charge in [-0.25, -0.2) is 13.1 Å². The van der Waals surface area contributed by atoms with Crippen LogP contribution in [0.5, 0.6) is 0 Å². The molecule has 2 N–H and O–H groups in total. The quantitative estimate of drug-likeness (QED) is 0.772. The van der Waals surface area contributed by atoms with E-state index in [1.165, 1.54) is 6.07 Å². The van der Waals surface area contributed by atoms with Crippen LogP contribution in [0.4, 0.5) is 0 Å². The van der Waals surface area contributed by atoms with Crippen molar-refractivity contribution in [2.45, 2.75) is 23.3 Å². The first-order valence-electron chi connectivity index (χ1n) is 6.57. The summed E-state index contributed by atoms with van der Waals surface area (Å²) in [6, 6.07) is 4.61. The molecule has 1 saturated heterocycles. The van der Waals surface area contributed by atoms with Gasteiger partial charge in [-0.2, -0.15) is 0 Å². The van der Waals surface area contributed by atoms with Crippen molar-refractivity contribution in [2.24, 2.45) is 0 Å². The second-order valence-electron chi connectivity index (χ2n) is 5.14. The third-order valence-corrected chi connectivity index (χ3v) is 6.15. The summed E-state index contributed by atoms with van der Waals surface area (Å²) in [5.41, 5.74) is -0.333. The van der Waals surface area contributed by atoms with Crippen LogP contribution >= 0.6 is 27.5 Å². The highest BCUT2D eigenvalue weighted by Gasteiger charge is 2.35. The van der Waals surface area contributed by atoms with E-state index in [9.17, 15) is 8.42 Å². The zero-order valence-corrected chi connectivity index (χ0v) is 14.8. The molecule has 1 aromatic carbocycles. The number of ether oxygens (including phenoxy) is 1. The van der Waals surface area contributed by atoms with E-state index in [1.54, 1.807) is 19.2 Å². The van der Waals surface area contributed by atoms with Crippen molar-refractivity contribution in [1.29, 1.82) is 0 Å². The Morgan fingerprint density at radius 2 is 2.29 bits per heavy atom. The molecular formula is C13H18BrClN2O3S. The molecule has 21 heavy (non-hydrogen) atoms. The number of methoxy groups -OCH3 is 1. The maximum Gasteiger partial charge on any atom is 0.241 e. The number of rotatable bonds is 6. The lowest BCUT2D eigenvalue weighted by molar-refractivity contribution is 0.122. The minimum atomic E-state index is -3.60. The second kappa shape index (κ2) is 6.93. The Bertz CT molecular complexity index is 603. The molecular weight excluding hydrogens is 380 g/mol. The average molecular weight is 398 g/mol.